The Morgan fingerprint density at radius 3 is 2.65 bits per heavy atom. The summed E-state index contributed by atoms with van der Waals surface area (Å²) < 4.78 is 5.16. The Morgan fingerprint density at radius 2 is 1.94 bits per heavy atom. The van der Waals surface area contributed by atoms with Gasteiger partial charge in [0.1, 0.15) is 12.0 Å². The fourth-order valence-electron chi connectivity index (χ4n) is 1.76. The predicted molar refractivity (Wildman–Crippen MR) is 69.2 cm³/mol. The smallest absolute Gasteiger partial charge is 0.321 e. The van der Waals surface area contributed by atoms with Crippen molar-refractivity contribution in [2.75, 3.05) is 5.88 Å². The van der Waals surface area contributed by atoms with Gasteiger partial charge in [-0.1, -0.05) is 36.4 Å². The summed E-state index contributed by atoms with van der Waals surface area (Å²) in [7, 11) is 0. The number of fused-ring (bicyclic) bond motifs is 1. The molecule has 2 nitrogen and oxygen atoms in total. The average Bonchev–Trinajstić information content (AvgIpc) is 2.38. The molecule has 0 bridgehead atoms. The second-order valence-corrected chi connectivity index (χ2v) is 4.14. The van der Waals surface area contributed by atoms with Crippen LogP contribution < -0.4 is 0 Å². The van der Waals surface area contributed by atoms with Gasteiger partial charge < -0.3 is 4.74 Å². The zero-order chi connectivity index (χ0) is 12.3. The average molecular weight is 249 g/mol. The quantitative estimate of drug-likeness (QED) is 0.612. The third-order valence-electron chi connectivity index (χ3n) is 2.66. The van der Waals surface area contributed by atoms with Crippen LogP contribution in [0.4, 0.5) is 0 Å². The molecule has 0 saturated carbocycles. The Labute approximate surface area is 105 Å². The molecular weight excluding hydrogens is 236 g/mol. The summed E-state index contributed by atoms with van der Waals surface area (Å²) in [6.45, 7) is 1.84. The summed E-state index contributed by atoms with van der Waals surface area (Å²) in [6.07, 6.45) is -0.272. The summed E-state index contributed by atoms with van der Waals surface area (Å²) in [4.78, 5) is 11.1. The van der Waals surface area contributed by atoms with Gasteiger partial charge in [-0.2, -0.15) is 0 Å². The molecule has 0 heterocycles. The fourth-order valence-corrected chi connectivity index (χ4v) is 1.82. The van der Waals surface area contributed by atoms with Crippen molar-refractivity contribution < 1.29 is 9.53 Å². The number of hydrogen-bond donors (Lipinski definition) is 0. The molecule has 1 unspecified atom stereocenters. The lowest BCUT2D eigenvalue weighted by Gasteiger charge is -2.13. The second-order valence-electron chi connectivity index (χ2n) is 3.87. The number of carbonyl (C=O) groups is 1. The normalized spacial score (nSPS) is 12.4. The van der Waals surface area contributed by atoms with Gasteiger partial charge in [0.15, 0.2) is 0 Å². The molecule has 88 valence electrons. The second kappa shape index (κ2) is 5.19. The standard InChI is InChI=1S/C14H13ClO2/c1-10(17-14(16)9-15)12-7-6-11-4-2-3-5-13(11)8-12/h2-8,10H,9H2,1H3. The highest BCUT2D eigenvalue weighted by atomic mass is 35.5. The summed E-state index contributed by atoms with van der Waals surface area (Å²) in [5.41, 5.74) is 0.974. The molecule has 0 aromatic heterocycles. The molecular formula is C14H13ClO2. The molecule has 0 saturated heterocycles. The molecule has 0 aliphatic rings. The van der Waals surface area contributed by atoms with Gasteiger partial charge in [0.2, 0.25) is 0 Å². The van der Waals surface area contributed by atoms with Gasteiger partial charge in [-0.25, -0.2) is 0 Å². The minimum absolute atomic E-state index is 0.113. The highest BCUT2D eigenvalue weighted by Crippen LogP contribution is 2.22. The Kier molecular flexibility index (Phi) is 3.64. The third-order valence-corrected chi connectivity index (χ3v) is 2.88. The van der Waals surface area contributed by atoms with E-state index in [-0.39, 0.29) is 12.0 Å². The number of ether oxygens (including phenoxy) is 1. The molecule has 3 heteroatoms. The molecule has 2 aromatic carbocycles. The molecule has 2 rings (SSSR count). The highest BCUT2D eigenvalue weighted by molar-refractivity contribution is 6.26. The minimum Gasteiger partial charge on any atom is -0.457 e. The summed E-state index contributed by atoms with van der Waals surface area (Å²) in [6, 6.07) is 14.1. The van der Waals surface area contributed by atoms with Crippen molar-refractivity contribution in [3.63, 3.8) is 0 Å². The summed E-state index contributed by atoms with van der Waals surface area (Å²) in [5.74, 6) is -0.509. The van der Waals surface area contributed by atoms with E-state index in [4.69, 9.17) is 16.3 Å². The van der Waals surface area contributed by atoms with E-state index in [2.05, 4.69) is 6.07 Å². The monoisotopic (exact) mass is 248 g/mol. The predicted octanol–water partition coefficient (Wildman–Crippen LogP) is 3.68. The first-order valence-corrected chi connectivity index (χ1v) is 5.98. The summed E-state index contributed by atoms with van der Waals surface area (Å²) >= 11 is 5.40. The van der Waals surface area contributed by atoms with Crippen LogP contribution in [0.25, 0.3) is 10.8 Å². The molecule has 2 aromatic rings. The number of rotatable bonds is 3. The number of hydrogen-bond acceptors (Lipinski definition) is 2. The highest BCUT2D eigenvalue weighted by Gasteiger charge is 2.10. The summed E-state index contributed by atoms with van der Waals surface area (Å²) in [5, 5.41) is 2.31. The van der Waals surface area contributed by atoms with Crippen LogP contribution >= 0.6 is 11.6 Å². The van der Waals surface area contributed by atoms with E-state index in [1.807, 2.05) is 43.3 Å². The fraction of sp³-hybridized carbons (Fsp3) is 0.214. The van der Waals surface area contributed by atoms with E-state index in [0.29, 0.717) is 0 Å². The maximum atomic E-state index is 11.1. The van der Waals surface area contributed by atoms with Crippen LogP contribution in [0.1, 0.15) is 18.6 Å². The van der Waals surface area contributed by atoms with E-state index >= 15 is 0 Å². The van der Waals surface area contributed by atoms with Crippen molar-refractivity contribution in [1.29, 1.82) is 0 Å². The van der Waals surface area contributed by atoms with E-state index < -0.39 is 5.97 Å². The van der Waals surface area contributed by atoms with Crippen molar-refractivity contribution in [3.05, 3.63) is 48.0 Å². The maximum absolute atomic E-state index is 11.1. The molecule has 0 spiro atoms. The van der Waals surface area contributed by atoms with Crippen LogP contribution in [-0.4, -0.2) is 11.8 Å². The van der Waals surface area contributed by atoms with Crippen molar-refractivity contribution in [2.24, 2.45) is 0 Å². The van der Waals surface area contributed by atoms with Gasteiger partial charge in [-0.3, -0.25) is 4.79 Å². The Bertz CT molecular complexity index is 536. The van der Waals surface area contributed by atoms with Crippen LogP contribution in [0, 0.1) is 0 Å². The molecule has 0 aliphatic carbocycles. The lowest BCUT2D eigenvalue weighted by atomic mass is 10.0. The van der Waals surface area contributed by atoms with E-state index in [1.54, 1.807) is 0 Å². The van der Waals surface area contributed by atoms with Crippen molar-refractivity contribution >= 4 is 28.3 Å². The minimum atomic E-state index is -0.396. The largest absolute Gasteiger partial charge is 0.457 e. The van der Waals surface area contributed by atoms with Crippen LogP contribution in [0.15, 0.2) is 42.5 Å². The number of alkyl halides is 1. The number of carbonyl (C=O) groups excluding carboxylic acids is 1. The number of esters is 1. The van der Waals surface area contributed by atoms with Gasteiger partial charge in [0.05, 0.1) is 0 Å². The van der Waals surface area contributed by atoms with Gasteiger partial charge >= 0.3 is 5.97 Å². The van der Waals surface area contributed by atoms with E-state index in [1.165, 1.54) is 5.39 Å². The van der Waals surface area contributed by atoms with Crippen molar-refractivity contribution in [1.82, 2.24) is 0 Å². The zero-order valence-electron chi connectivity index (χ0n) is 9.52. The maximum Gasteiger partial charge on any atom is 0.321 e. The molecule has 0 fully saturated rings. The van der Waals surface area contributed by atoms with Crippen LogP contribution in [0.5, 0.6) is 0 Å². The molecule has 17 heavy (non-hydrogen) atoms. The Morgan fingerprint density at radius 1 is 1.24 bits per heavy atom. The first-order valence-electron chi connectivity index (χ1n) is 5.45. The lowest BCUT2D eigenvalue weighted by Crippen LogP contribution is -2.09. The molecule has 1 atom stereocenters. The van der Waals surface area contributed by atoms with Gasteiger partial charge in [-0.05, 0) is 29.3 Å². The van der Waals surface area contributed by atoms with Gasteiger partial charge in [0, 0.05) is 0 Å². The van der Waals surface area contributed by atoms with Crippen molar-refractivity contribution in [3.8, 4) is 0 Å². The zero-order valence-corrected chi connectivity index (χ0v) is 10.3. The molecule has 0 amide bonds. The van der Waals surface area contributed by atoms with Crippen molar-refractivity contribution in [2.45, 2.75) is 13.0 Å². The SMILES string of the molecule is CC(OC(=O)CCl)c1ccc2ccccc2c1. The topological polar surface area (TPSA) is 26.3 Å². The van der Waals surface area contributed by atoms with Gasteiger partial charge in [0.25, 0.3) is 0 Å². The van der Waals surface area contributed by atoms with Gasteiger partial charge in [-0.15, -0.1) is 11.6 Å². The molecule has 0 N–H and O–H groups in total. The first kappa shape index (κ1) is 11.9. The Hall–Kier alpha value is -1.54. The van der Waals surface area contributed by atoms with Crippen LogP contribution in [-0.2, 0) is 9.53 Å². The lowest BCUT2D eigenvalue weighted by molar-refractivity contribution is -0.145. The first-order chi connectivity index (χ1) is 8.20. The molecule has 0 radical (unpaired) electrons. The number of halogens is 1. The van der Waals surface area contributed by atoms with Crippen LogP contribution in [0.2, 0.25) is 0 Å². The molecule has 0 aliphatic heterocycles. The van der Waals surface area contributed by atoms with Crippen LogP contribution in [0.3, 0.4) is 0 Å². The third kappa shape index (κ3) is 2.77. The number of benzene rings is 2. The Balaban J connectivity index is 2.26. The van der Waals surface area contributed by atoms with E-state index in [0.717, 1.165) is 10.9 Å². The van der Waals surface area contributed by atoms with E-state index in [9.17, 15) is 4.79 Å².